The number of fused-ring (bicyclic) bond motifs is 3. The number of nitrogens with zero attached hydrogens (tertiary/aromatic N) is 3. The van der Waals surface area contributed by atoms with Gasteiger partial charge in [-0.05, 0) is 31.9 Å². The zero-order valence-electron chi connectivity index (χ0n) is 12.8. The highest BCUT2D eigenvalue weighted by molar-refractivity contribution is 5.90. The van der Waals surface area contributed by atoms with Gasteiger partial charge in [0.2, 0.25) is 0 Å². The molecule has 0 saturated heterocycles. The molecular formula is C16H16N4O3. The van der Waals surface area contributed by atoms with Gasteiger partial charge in [-0.15, -0.1) is 0 Å². The molecule has 118 valence electrons. The first kappa shape index (κ1) is 15.1. The Balaban J connectivity index is 2.10. The number of rotatable bonds is 1. The number of carbonyl (C=O) groups is 1. The number of hydrogen-bond donors (Lipinski definition) is 2. The monoisotopic (exact) mass is 312 g/mol. The Hall–Kier alpha value is -2.85. The van der Waals surface area contributed by atoms with E-state index in [4.69, 9.17) is 10.5 Å². The van der Waals surface area contributed by atoms with E-state index < -0.39 is 11.5 Å². The van der Waals surface area contributed by atoms with Crippen LogP contribution >= 0.6 is 0 Å². The van der Waals surface area contributed by atoms with E-state index in [1.165, 1.54) is 0 Å². The Morgan fingerprint density at radius 3 is 2.91 bits per heavy atom. The molecule has 1 aliphatic rings. The van der Waals surface area contributed by atoms with Crippen molar-refractivity contribution in [1.29, 1.82) is 0 Å². The van der Waals surface area contributed by atoms with E-state index in [2.05, 4.69) is 21.8 Å². The van der Waals surface area contributed by atoms with E-state index in [0.29, 0.717) is 36.1 Å². The number of carbonyl (C=O) groups excluding carboxylic acids is 1. The number of hydrogen-bond acceptors (Lipinski definition) is 5. The molecule has 0 bridgehead atoms. The minimum atomic E-state index is -1.11. The van der Waals surface area contributed by atoms with Gasteiger partial charge in [-0.25, -0.2) is 9.97 Å². The molecule has 3 rings (SSSR count). The number of nitrogens with two attached hydrogens (primary N) is 1. The van der Waals surface area contributed by atoms with Crippen LogP contribution in [0.15, 0.2) is 18.3 Å². The fraction of sp³-hybridized carbons (Fsp3) is 0.312. The fourth-order valence-corrected chi connectivity index (χ4v) is 2.16. The van der Waals surface area contributed by atoms with Crippen LogP contribution in [0.3, 0.4) is 0 Å². The lowest BCUT2D eigenvalue weighted by Crippen LogP contribution is -2.14. The van der Waals surface area contributed by atoms with Gasteiger partial charge in [0.15, 0.2) is 11.6 Å². The van der Waals surface area contributed by atoms with Crippen molar-refractivity contribution in [3.05, 3.63) is 35.5 Å². The van der Waals surface area contributed by atoms with E-state index in [1.54, 1.807) is 36.7 Å². The minimum absolute atomic E-state index is 0.183. The van der Waals surface area contributed by atoms with Crippen molar-refractivity contribution in [3.63, 3.8) is 0 Å². The van der Waals surface area contributed by atoms with Crippen molar-refractivity contribution in [2.45, 2.75) is 25.9 Å². The highest BCUT2D eigenvalue weighted by atomic mass is 16.5. The van der Waals surface area contributed by atoms with Crippen LogP contribution in [0, 0.1) is 11.8 Å². The van der Waals surface area contributed by atoms with Gasteiger partial charge in [-0.1, -0.05) is 5.92 Å². The lowest BCUT2D eigenvalue weighted by atomic mass is 10.1. The summed E-state index contributed by atoms with van der Waals surface area (Å²) in [4.78, 5) is 20.0. The lowest BCUT2D eigenvalue weighted by Gasteiger charge is -2.09. The van der Waals surface area contributed by atoms with Crippen LogP contribution in [-0.4, -0.2) is 37.8 Å². The zero-order valence-corrected chi connectivity index (χ0v) is 12.8. The summed E-state index contributed by atoms with van der Waals surface area (Å²) in [7, 11) is 0. The van der Waals surface area contributed by atoms with Crippen LogP contribution in [0.1, 0.15) is 35.9 Å². The summed E-state index contributed by atoms with van der Waals surface area (Å²) in [5.74, 6) is 6.67. The Morgan fingerprint density at radius 1 is 1.43 bits per heavy atom. The Labute approximate surface area is 133 Å². The predicted octanol–water partition coefficient (Wildman–Crippen LogP) is 0.423. The zero-order chi connectivity index (χ0) is 16.6. The second kappa shape index (κ2) is 5.41. The average molecular weight is 312 g/mol. The number of imidazole rings is 1. The molecule has 0 aliphatic carbocycles. The van der Waals surface area contributed by atoms with Crippen molar-refractivity contribution in [3.8, 4) is 23.4 Å². The van der Waals surface area contributed by atoms with Crippen molar-refractivity contribution in [2.75, 3.05) is 6.61 Å². The molecular weight excluding hydrogens is 296 g/mol. The number of ether oxygens (including phenoxy) is 1. The Kier molecular flexibility index (Phi) is 3.54. The highest BCUT2D eigenvalue weighted by Gasteiger charge is 2.20. The molecule has 0 atom stereocenters. The maximum atomic E-state index is 11.3. The summed E-state index contributed by atoms with van der Waals surface area (Å²) in [6, 6.07) is 3.48. The number of aliphatic hydroxyl groups is 1. The summed E-state index contributed by atoms with van der Waals surface area (Å²) >= 11 is 0. The topological polar surface area (TPSA) is 103 Å². The van der Waals surface area contributed by atoms with E-state index in [1.807, 2.05) is 0 Å². The van der Waals surface area contributed by atoms with Crippen LogP contribution in [0.4, 0.5) is 0 Å². The number of aromatic nitrogens is 3. The minimum Gasteiger partial charge on any atom is -0.489 e. The van der Waals surface area contributed by atoms with E-state index >= 15 is 0 Å². The quantitative estimate of drug-likeness (QED) is 0.743. The second-order valence-corrected chi connectivity index (χ2v) is 5.70. The molecule has 1 amide bonds. The first-order valence-electron chi connectivity index (χ1n) is 7.11. The molecule has 0 spiro atoms. The molecule has 3 N–H and O–H groups in total. The molecule has 0 radical (unpaired) electrons. The lowest BCUT2D eigenvalue weighted by molar-refractivity contribution is 0.0995. The van der Waals surface area contributed by atoms with Gasteiger partial charge in [0.05, 0.1) is 6.61 Å². The summed E-state index contributed by atoms with van der Waals surface area (Å²) in [5.41, 5.74) is 4.85. The van der Waals surface area contributed by atoms with E-state index in [0.717, 1.165) is 0 Å². The van der Waals surface area contributed by atoms with E-state index in [9.17, 15) is 9.90 Å². The number of primary amides is 1. The summed E-state index contributed by atoms with van der Waals surface area (Å²) in [6.07, 6.45) is 2.08. The first-order chi connectivity index (χ1) is 10.8. The van der Waals surface area contributed by atoms with Gasteiger partial charge in [-0.2, -0.15) is 0 Å². The van der Waals surface area contributed by atoms with Crippen LogP contribution in [0.5, 0.6) is 5.75 Å². The summed E-state index contributed by atoms with van der Waals surface area (Å²) in [6.45, 7) is 3.62. The molecule has 0 unspecified atom stereocenters. The van der Waals surface area contributed by atoms with Gasteiger partial charge in [0.25, 0.3) is 5.91 Å². The molecule has 0 saturated carbocycles. The molecule has 23 heavy (non-hydrogen) atoms. The predicted molar refractivity (Wildman–Crippen MR) is 82.3 cm³/mol. The van der Waals surface area contributed by atoms with Gasteiger partial charge < -0.3 is 15.6 Å². The van der Waals surface area contributed by atoms with Gasteiger partial charge in [0.1, 0.15) is 22.8 Å². The fourth-order valence-electron chi connectivity index (χ4n) is 2.16. The SMILES string of the molecule is CC(C)(O)C#Cc1ccc2c(n1)-n1cc(C(N)=O)nc1CCO2. The summed E-state index contributed by atoms with van der Waals surface area (Å²) < 4.78 is 7.35. The van der Waals surface area contributed by atoms with Crippen LogP contribution in [-0.2, 0) is 6.42 Å². The number of pyridine rings is 1. The van der Waals surface area contributed by atoms with Crippen LogP contribution < -0.4 is 10.5 Å². The van der Waals surface area contributed by atoms with Gasteiger partial charge in [-0.3, -0.25) is 9.36 Å². The normalized spacial score (nSPS) is 13.0. The smallest absolute Gasteiger partial charge is 0.268 e. The molecule has 0 aromatic carbocycles. The maximum absolute atomic E-state index is 11.3. The molecule has 2 aromatic rings. The first-order valence-corrected chi connectivity index (χ1v) is 7.11. The van der Waals surface area contributed by atoms with Crippen LogP contribution in [0.25, 0.3) is 5.82 Å². The van der Waals surface area contributed by atoms with Crippen molar-refractivity contribution in [2.24, 2.45) is 5.73 Å². The molecule has 2 aromatic heterocycles. The Bertz CT molecular complexity index is 837. The summed E-state index contributed by atoms with van der Waals surface area (Å²) in [5, 5.41) is 9.69. The molecule has 7 nitrogen and oxygen atoms in total. The largest absolute Gasteiger partial charge is 0.489 e. The van der Waals surface area contributed by atoms with Gasteiger partial charge >= 0.3 is 0 Å². The third-order valence-corrected chi connectivity index (χ3v) is 3.18. The molecule has 7 heteroatoms. The maximum Gasteiger partial charge on any atom is 0.268 e. The number of amides is 1. The molecule has 1 aliphatic heterocycles. The average Bonchev–Trinajstić information content (AvgIpc) is 2.82. The highest BCUT2D eigenvalue weighted by Crippen LogP contribution is 2.26. The van der Waals surface area contributed by atoms with E-state index in [-0.39, 0.29) is 5.69 Å². The standard InChI is InChI=1S/C16H16N4O3/c1-16(2,22)7-5-10-3-4-12-15(18-10)20-9-11(14(17)21)19-13(20)6-8-23-12/h3-4,9,22H,6,8H2,1-2H3,(H2,17,21). The molecule has 3 heterocycles. The third kappa shape index (κ3) is 3.17. The van der Waals surface area contributed by atoms with Crippen molar-refractivity contribution < 1.29 is 14.6 Å². The third-order valence-electron chi connectivity index (χ3n) is 3.18. The van der Waals surface area contributed by atoms with Gasteiger partial charge in [0, 0.05) is 12.6 Å². The van der Waals surface area contributed by atoms with Crippen molar-refractivity contribution >= 4 is 5.91 Å². The Morgan fingerprint density at radius 2 is 2.22 bits per heavy atom. The van der Waals surface area contributed by atoms with Crippen LogP contribution in [0.2, 0.25) is 0 Å². The van der Waals surface area contributed by atoms with Crippen molar-refractivity contribution in [1.82, 2.24) is 14.5 Å². The molecule has 0 fully saturated rings. The second-order valence-electron chi connectivity index (χ2n) is 5.70.